The molecule has 0 saturated carbocycles. The summed E-state index contributed by atoms with van der Waals surface area (Å²) in [7, 11) is 0. The molecule has 24 heavy (non-hydrogen) atoms. The first-order valence-electron chi connectivity index (χ1n) is 9.16. The van der Waals surface area contributed by atoms with Crippen molar-refractivity contribution in [3.05, 3.63) is 0 Å². The maximum absolute atomic E-state index is 12.6. The number of nitrogens with zero attached hydrogens (tertiary/aromatic N) is 4. The van der Waals surface area contributed by atoms with E-state index in [1.807, 2.05) is 4.90 Å². The summed E-state index contributed by atoms with van der Waals surface area (Å²) in [4.78, 5) is 17.1. The topological polar surface area (TPSA) is 57.5 Å². The molecule has 3 heterocycles. The van der Waals surface area contributed by atoms with E-state index in [-0.39, 0.29) is 11.6 Å². The van der Waals surface area contributed by atoms with Gasteiger partial charge in [-0.05, 0) is 18.8 Å². The molecule has 0 N–H and O–H groups in total. The first kappa shape index (κ1) is 17.4. The molecule has 0 radical (unpaired) electrons. The van der Waals surface area contributed by atoms with Gasteiger partial charge in [0.15, 0.2) is 5.66 Å². The lowest BCUT2D eigenvalue weighted by molar-refractivity contribution is -0.133. The third kappa shape index (κ3) is 4.78. The molecule has 0 aromatic rings. The molecule has 2 saturated heterocycles. The van der Waals surface area contributed by atoms with E-state index in [9.17, 15) is 4.79 Å². The number of terminal acetylenes is 1. The van der Waals surface area contributed by atoms with Crippen LogP contribution in [0.15, 0.2) is 10.2 Å². The Bertz CT molecular complexity index is 502. The van der Waals surface area contributed by atoms with E-state index in [1.165, 1.54) is 6.42 Å². The number of ether oxygens (including phenoxy) is 1. The molecule has 0 aromatic carbocycles. The van der Waals surface area contributed by atoms with Gasteiger partial charge >= 0.3 is 0 Å². The molecule has 1 amide bonds. The summed E-state index contributed by atoms with van der Waals surface area (Å²) < 4.78 is 5.41. The van der Waals surface area contributed by atoms with Gasteiger partial charge in [-0.25, -0.2) is 0 Å². The van der Waals surface area contributed by atoms with Crippen LogP contribution in [0, 0.1) is 18.3 Å². The summed E-state index contributed by atoms with van der Waals surface area (Å²) >= 11 is 0. The van der Waals surface area contributed by atoms with Crippen molar-refractivity contribution >= 4 is 5.91 Å². The molecule has 6 heteroatoms. The number of likely N-dealkylation sites (tertiary alicyclic amines) is 1. The molecule has 132 valence electrons. The van der Waals surface area contributed by atoms with Gasteiger partial charge in [-0.3, -0.25) is 9.69 Å². The molecule has 0 bridgehead atoms. The van der Waals surface area contributed by atoms with Crippen molar-refractivity contribution < 1.29 is 9.53 Å². The SMILES string of the molecule is C#CCCC1(CCC(=O)N2CCC[C@H](CN3CCOCC3)C2)N=N1. The second-order valence-corrected chi connectivity index (χ2v) is 7.15. The van der Waals surface area contributed by atoms with Crippen LogP contribution in [0.5, 0.6) is 0 Å². The molecular formula is C18H28N4O2. The number of carbonyl (C=O) groups is 1. The van der Waals surface area contributed by atoms with Crippen LogP contribution in [0.1, 0.15) is 38.5 Å². The highest BCUT2D eigenvalue weighted by atomic mass is 16.5. The molecule has 3 aliphatic heterocycles. The molecule has 0 aromatic heterocycles. The van der Waals surface area contributed by atoms with Crippen molar-refractivity contribution in [2.45, 2.75) is 44.2 Å². The van der Waals surface area contributed by atoms with Crippen LogP contribution in [0.3, 0.4) is 0 Å². The quantitative estimate of drug-likeness (QED) is 0.669. The zero-order chi connectivity index (χ0) is 16.8. The lowest BCUT2D eigenvalue weighted by Gasteiger charge is -2.37. The van der Waals surface area contributed by atoms with Gasteiger partial charge in [0.1, 0.15) is 0 Å². The number of morpholine rings is 1. The standard InChI is InChI=1S/C18H28N4O2/c1-2-3-7-18(19-20-18)8-6-17(23)22-9-4-5-16(15-22)14-21-10-12-24-13-11-21/h1,16H,3-15H2/t16-/m1/s1. The first-order valence-corrected chi connectivity index (χ1v) is 9.16. The van der Waals surface area contributed by atoms with Gasteiger partial charge < -0.3 is 9.64 Å². The Morgan fingerprint density at radius 1 is 1.25 bits per heavy atom. The minimum absolute atomic E-state index is 0.249. The fourth-order valence-electron chi connectivity index (χ4n) is 3.72. The van der Waals surface area contributed by atoms with Crippen LogP contribution in [0.2, 0.25) is 0 Å². The largest absolute Gasteiger partial charge is 0.379 e. The Balaban J connectivity index is 1.40. The van der Waals surface area contributed by atoms with Crippen molar-refractivity contribution in [3.63, 3.8) is 0 Å². The summed E-state index contributed by atoms with van der Waals surface area (Å²) in [6.07, 6.45) is 10.3. The van der Waals surface area contributed by atoms with E-state index in [0.717, 1.165) is 58.8 Å². The van der Waals surface area contributed by atoms with Crippen LogP contribution >= 0.6 is 0 Å². The number of rotatable bonds is 7. The van der Waals surface area contributed by atoms with E-state index in [0.29, 0.717) is 25.2 Å². The van der Waals surface area contributed by atoms with Gasteiger partial charge in [-0.1, -0.05) is 0 Å². The van der Waals surface area contributed by atoms with Gasteiger partial charge in [0.25, 0.3) is 0 Å². The third-order valence-electron chi connectivity index (χ3n) is 5.28. The molecule has 0 spiro atoms. The molecule has 0 unspecified atom stereocenters. The number of carbonyl (C=O) groups excluding carboxylic acids is 1. The minimum atomic E-state index is -0.342. The molecule has 6 nitrogen and oxygen atoms in total. The number of amides is 1. The van der Waals surface area contributed by atoms with Crippen LogP contribution in [0.25, 0.3) is 0 Å². The van der Waals surface area contributed by atoms with E-state index < -0.39 is 0 Å². The smallest absolute Gasteiger partial charge is 0.222 e. The van der Waals surface area contributed by atoms with Crippen molar-refractivity contribution in [3.8, 4) is 12.3 Å². The second kappa shape index (κ2) is 8.09. The van der Waals surface area contributed by atoms with Crippen LogP contribution in [-0.4, -0.2) is 67.3 Å². The van der Waals surface area contributed by atoms with E-state index in [4.69, 9.17) is 11.2 Å². The normalized spacial score (nSPS) is 26.1. The fourth-order valence-corrected chi connectivity index (χ4v) is 3.72. The second-order valence-electron chi connectivity index (χ2n) is 7.15. The van der Waals surface area contributed by atoms with Gasteiger partial charge in [-0.2, -0.15) is 10.2 Å². The van der Waals surface area contributed by atoms with Crippen molar-refractivity contribution in [1.82, 2.24) is 9.80 Å². The maximum atomic E-state index is 12.6. The van der Waals surface area contributed by atoms with Gasteiger partial charge in [-0.15, -0.1) is 12.3 Å². The summed E-state index contributed by atoms with van der Waals surface area (Å²) in [5.74, 6) is 3.47. The van der Waals surface area contributed by atoms with Gasteiger partial charge in [0.2, 0.25) is 5.91 Å². The zero-order valence-electron chi connectivity index (χ0n) is 14.5. The highest BCUT2D eigenvalue weighted by Gasteiger charge is 2.39. The Morgan fingerprint density at radius 3 is 2.75 bits per heavy atom. The Hall–Kier alpha value is -1.45. The van der Waals surface area contributed by atoms with Crippen LogP contribution < -0.4 is 0 Å². The zero-order valence-corrected chi connectivity index (χ0v) is 14.5. The highest BCUT2D eigenvalue weighted by Crippen LogP contribution is 2.37. The van der Waals surface area contributed by atoms with E-state index in [1.54, 1.807) is 0 Å². The Morgan fingerprint density at radius 2 is 2.04 bits per heavy atom. The number of hydrogen-bond donors (Lipinski definition) is 0. The van der Waals surface area contributed by atoms with E-state index >= 15 is 0 Å². The van der Waals surface area contributed by atoms with Gasteiger partial charge in [0.05, 0.1) is 13.2 Å². The summed E-state index contributed by atoms with van der Waals surface area (Å²) in [6.45, 7) is 6.58. The van der Waals surface area contributed by atoms with Crippen molar-refractivity contribution in [2.75, 3.05) is 45.9 Å². The highest BCUT2D eigenvalue weighted by molar-refractivity contribution is 5.76. The average Bonchev–Trinajstić information content (AvgIpc) is 3.39. The minimum Gasteiger partial charge on any atom is -0.379 e. The predicted octanol–water partition coefficient (Wildman–Crippen LogP) is 1.91. The molecule has 0 aliphatic carbocycles. The lowest BCUT2D eigenvalue weighted by atomic mass is 9.96. The molecule has 3 rings (SSSR count). The van der Waals surface area contributed by atoms with E-state index in [2.05, 4.69) is 21.0 Å². The summed E-state index contributed by atoms with van der Waals surface area (Å²) in [5.41, 5.74) is -0.342. The summed E-state index contributed by atoms with van der Waals surface area (Å²) in [6, 6.07) is 0. The van der Waals surface area contributed by atoms with Crippen LogP contribution in [-0.2, 0) is 9.53 Å². The third-order valence-corrected chi connectivity index (χ3v) is 5.28. The molecule has 2 fully saturated rings. The first-order chi connectivity index (χ1) is 11.7. The Kier molecular flexibility index (Phi) is 5.85. The molecule has 1 atom stereocenters. The fraction of sp³-hybridized carbons (Fsp3) is 0.833. The molecule has 3 aliphatic rings. The monoisotopic (exact) mass is 332 g/mol. The molecular weight excluding hydrogens is 304 g/mol. The van der Waals surface area contributed by atoms with Crippen LogP contribution in [0.4, 0.5) is 0 Å². The average molecular weight is 332 g/mol. The Labute approximate surface area is 144 Å². The maximum Gasteiger partial charge on any atom is 0.222 e. The lowest BCUT2D eigenvalue weighted by Crippen LogP contribution is -2.46. The predicted molar refractivity (Wildman–Crippen MR) is 91.5 cm³/mol. The summed E-state index contributed by atoms with van der Waals surface area (Å²) in [5, 5.41) is 8.24. The van der Waals surface area contributed by atoms with Gasteiger partial charge in [0, 0.05) is 58.4 Å². The number of piperidine rings is 1. The van der Waals surface area contributed by atoms with Crippen molar-refractivity contribution in [2.24, 2.45) is 16.1 Å². The number of hydrogen-bond acceptors (Lipinski definition) is 5. The van der Waals surface area contributed by atoms with Crippen molar-refractivity contribution in [1.29, 1.82) is 0 Å².